The quantitative estimate of drug-likeness (QED) is 0.00739. The molecule has 111 heavy (non-hydrogen) atoms. The van der Waals surface area contributed by atoms with Crippen LogP contribution in [-0.2, 0) is 78.3 Å². The molecule has 1 aliphatic carbocycles. The normalized spacial score (nSPS) is 15.5. The number of thiol groups is 2. The maximum atomic E-state index is 14.4. The lowest BCUT2D eigenvalue weighted by Gasteiger charge is -2.30. The summed E-state index contributed by atoms with van der Waals surface area (Å²) in [4.78, 5) is 200. The summed E-state index contributed by atoms with van der Waals surface area (Å²) in [5, 5.41) is 49.1. The number of aromatic amines is 1. The molecule has 0 spiro atoms. The molecule has 35 heteroatoms. The van der Waals surface area contributed by atoms with Crippen molar-refractivity contribution in [1.82, 2.24) is 52.4 Å². The number of carbonyl (C=O) groups excluding carboxylic acids is 13. The van der Waals surface area contributed by atoms with Crippen LogP contribution in [0.5, 0.6) is 0 Å². The summed E-state index contributed by atoms with van der Waals surface area (Å²) < 4.78 is 5.62. The second kappa shape index (κ2) is 45.5. The van der Waals surface area contributed by atoms with E-state index in [1.165, 1.54) is 13.0 Å². The third-order valence-corrected chi connectivity index (χ3v) is 19.7. The number of amides is 10. The molecule has 604 valence electrons. The highest BCUT2D eigenvalue weighted by Gasteiger charge is 2.42. The molecule has 11 atom stereocenters. The van der Waals surface area contributed by atoms with E-state index < -0.39 is 175 Å². The summed E-state index contributed by atoms with van der Waals surface area (Å²) in [6.45, 7) is 5.46. The first-order chi connectivity index (χ1) is 52.5. The number of fused-ring (bicyclic) bond motifs is 4. The van der Waals surface area contributed by atoms with Gasteiger partial charge in [-0.25, -0.2) is 0 Å². The van der Waals surface area contributed by atoms with E-state index in [9.17, 15) is 77.3 Å². The number of aliphatic hydroxyl groups excluding tert-OH is 1. The van der Waals surface area contributed by atoms with Crippen LogP contribution in [0.15, 0.2) is 96.5 Å². The van der Waals surface area contributed by atoms with Crippen LogP contribution in [0.1, 0.15) is 147 Å². The average Bonchev–Trinajstić information content (AvgIpc) is 1.61. The molecule has 6 rings (SSSR count). The van der Waals surface area contributed by atoms with Gasteiger partial charge in [-0.2, -0.15) is 25.3 Å². The molecule has 0 saturated carbocycles. The smallest absolute Gasteiger partial charge is 0.306 e. The third kappa shape index (κ3) is 27.7. The second-order valence-electron chi connectivity index (χ2n) is 27.2. The highest BCUT2D eigenvalue weighted by molar-refractivity contribution is 7.80. The van der Waals surface area contributed by atoms with Gasteiger partial charge in [-0.1, -0.05) is 100.0 Å². The summed E-state index contributed by atoms with van der Waals surface area (Å²) in [5.41, 5.74) is 27.6. The van der Waals surface area contributed by atoms with Crippen molar-refractivity contribution < 1.29 is 82.1 Å². The van der Waals surface area contributed by atoms with E-state index in [1.807, 2.05) is 66.7 Å². The van der Waals surface area contributed by atoms with E-state index in [4.69, 9.17) is 33.1 Å². The molecule has 1 saturated heterocycles. The fraction of sp³-hybridized carbons (Fsp3) is 0.500. The number of aliphatic imine (C=N–C) groups is 1. The maximum Gasteiger partial charge on any atom is 0.306 e. The van der Waals surface area contributed by atoms with Crippen molar-refractivity contribution in [3.05, 3.63) is 108 Å². The molecular formula is C76H106N16O17S2. The number of aliphatic hydroxyl groups is 1. The number of ketones is 2. The number of nitrogens with zero attached hydrogens (tertiary/aromatic N) is 2. The molecule has 20 N–H and O–H groups in total. The monoisotopic (exact) mass is 1580 g/mol. The van der Waals surface area contributed by atoms with Gasteiger partial charge in [0.2, 0.25) is 59.1 Å². The van der Waals surface area contributed by atoms with Crippen LogP contribution < -0.4 is 65.5 Å². The topological polar surface area (TPSA) is 544 Å². The summed E-state index contributed by atoms with van der Waals surface area (Å²) in [7, 11) is 0. The number of Topliss-reactive ketones (excluding diaryl/α,β-unsaturated/α-hetero) is 2. The van der Waals surface area contributed by atoms with E-state index in [0.717, 1.165) is 38.1 Å². The lowest BCUT2D eigenvalue weighted by molar-refractivity contribution is -0.146. The number of aliphatic carboxylic acids is 1. The Bertz CT molecular complexity index is 3940. The Kier molecular flexibility index (Phi) is 37.2. The van der Waals surface area contributed by atoms with Gasteiger partial charge in [0.1, 0.15) is 48.9 Å². The summed E-state index contributed by atoms with van der Waals surface area (Å²) in [6, 6.07) is 11.7. The van der Waals surface area contributed by atoms with Crippen LogP contribution in [0.4, 0.5) is 0 Å². The molecule has 2 heterocycles. The van der Waals surface area contributed by atoms with Crippen molar-refractivity contribution in [3.8, 4) is 11.1 Å². The Morgan fingerprint density at radius 2 is 1.23 bits per heavy atom. The maximum absolute atomic E-state index is 14.4. The molecule has 0 radical (unpaired) electrons. The Morgan fingerprint density at radius 1 is 0.658 bits per heavy atom. The lowest BCUT2D eigenvalue weighted by Crippen LogP contribution is -2.60. The van der Waals surface area contributed by atoms with Gasteiger partial charge in [0.25, 0.3) is 0 Å². The number of H-pyrrole nitrogens is 1. The minimum atomic E-state index is -1.90. The van der Waals surface area contributed by atoms with Gasteiger partial charge in [-0.15, -0.1) is 6.58 Å². The summed E-state index contributed by atoms with van der Waals surface area (Å²) >= 11 is 8.57. The number of para-hydroxylation sites is 1. The molecule has 33 nitrogen and oxygen atoms in total. The predicted octanol–water partition coefficient (Wildman–Crippen LogP) is 1.26. The van der Waals surface area contributed by atoms with E-state index in [1.54, 1.807) is 19.1 Å². The van der Waals surface area contributed by atoms with Crippen molar-refractivity contribution in [3.63, 3.8) is 0 Å². The zero-order valence-electron chi connectivity index (χ0n) is 61.6. The molecular weight excluding hydrogens is 1470 g/mol. The SMILES string of the molecule is C.C=CC[C@H](NC(=O)[C@H](CCCCC(=N)N)NC(=O)[C@@H](CC(=O)[C@H](C)NC(=O)[C@H](CS)NC(=O)[C@H](CCCN=C(N)N)NC(=O)C1CCCN1C(=O)[C@H](CC(=O)O)NC(=O)[C@H](CO)NC(=O)[C@H](CCC)CC(=O)[C@H](CS)NC(=O)CCC(=O)OCC1c2ccccc2-c2ccccc21)Cc1cc2ccccc2[nH]1)C(N)=O. The number of ether oxygens (including phenoxy) is 1. The number of hydrogen-bond donors (Lipinski definition) is 18. The van der Waals surface area contributed by atoms with E-state index in [0.29, 0.717) is 25.0 Å². The number of aromatic nitrogens is 1. The van der Waals surface area contributed by atoms with Gasteiger partial charge in [-0.3, -0.25) is 77.5 Å². The largest absolute Gasteiger partial charge is 0.481 e. The van der Waals surface area contributed by atoms with Crippen molar-refractivity contribution in [1.29, 1.82) is 5.41 Å². The predicted molar refractivity (Wildman–Crippen MR) is 421 cm³/mol. The van der Waals surface area contributed by atoms with Gasteiger partial charge in [0.15, 0.2) is 17.5 Å². The number of unbranched alkanes of at least 4 members (excludes halogenated alkanes) is 1. The number of nitrogens with one attached hydrogen (secondary N) is 10. The second-order valence-corrected chi connectivity index (χ2v) is 27.9. The minimum Gasteiger partial charge on any atom is -0.481 e. The molecule has 1 aliphatic heterocycles. The third-order valence-electron chi connectivity index (χ3n) is 18.9. The van der Waals surface area contributed by atoms with E-state index in [-0.39, 0.29) is 127 Å². The highest BCUT2D eigenvalue weighted by Crippen LogP contribution is 2.44. The Balaban J connectivity index is 0.0000220. The average molecular weight is 1580 g/mol. The summed E-state index contributed by atoms with van der Waals surface area (Å²) in [5.74, 6) is -15.8. The van der Waals surface area contributed by atoms with E-state index in [2.05, 4.69) is 84.3 Å². The van der Waals surface area contributed by atoms with Gasteiger partial charge < -0.3 is 90.3 Å². The molecule has 4 aromatic rings. The number of carboxylic acids is 1. The van der Waals surface area contributed by atoms with Crippen LogP contribution in [0, 0.1) is 17.2 Å². The van der Waals surface area contributed by atoms with Crippen LogP contribution in [0.3, 0.4) is 0 Å². The first kappa shape index (κ1) is 90.9. The van der Waals surface area contributed by atoms with Gasteiger partial charge in [0, 0.05) is 73.3 Å². The zero-order chi connectivity index (χ0) is 80.7. The number of hydrogen-bond acceptors (Lipinski definition) is 20. The van der Waals surface area contributed by atoms with Crippen molar-refractivity contribution in [2.45, 2.75) is 191 Å². The van der Waals surface area contributed by atoms with Crippen LogP contribution in [0.25, 0.3) is 22.0 Å². The molecule has 1 unspecified atom stereocenters. The Morgan fingerprint density at radius 3 is 1.83 bits per heavy atom. The number of benzene rings is 3. The Hall–Kier alpha value is -10.7. The lowest BCUT2D eigenvalue weighted by atomic mass is 9.92. The van der Waals surface area contributed by atoms with Crippen molar-refractivity contribution in [2.75, 3.05) is 37.8 Å². The number of guanidine groups is 1. The number of likely N-dealkylation sites (tertiary alicyclic amines) is 1. The Labute approximate surface area is 655 Å². The number of amidine groups is 1. The van der Waals surface area contributed by atoms with E-state index >= 15 is 0 Å². The number of rotatable bonds is 48. The molecule has 10 amide bonds. The highest BCUT2D eigenvalue weighted by atomic mass is 32.1. The number of nitrogens with two attached hydrogens (primary N) is 4. The van der Waals surface area contributed by atoms with Crippen LogP contribution >= 0.6 is 25.3 Å². The molecule has 0 bridgehead atoms. The first-order valence-corrected chi connectivity index (χ1v) is 37.8. The molecule has 3 aromatic carbocycles. The van der Waals surface area contributed by atoms with Crippen molar-refractivity contribution >= 4 is 131 Å². The van der Waals surface area contributed by atoms with Crippen molar-refractivity contribution in [2.24, 2.45) is 39.8 Å². The molecule has 2 aliphatic rings. The number of primary amides is 1. The van der Waals surface area contributed by atoms with Gasteiger partial charge >= 0.3 is 11.9 Å². The van der Waals surface area contributed by atoms with Gasteiger partial charge in [-0.05, 0) is 104 Å². The molecule has 1 fully saturated rings. The zero-order valence-corrected chi connectivity index (χ0v) is 63.4. The standard InChI is InChI=1S/C75H102N16O17S2.CH4/c1-4-16-43(34-61(94)57(39-109)84-63(95)28-29-65(98)108-38-50-48-21-9-7-19-46(48)47-20-8-10-22-49(47)50)67(100)89-56(37-92)71(104)88-55(36-64(96)97)74(107)91-31-15-26-59(91)73(106)87-54(25-14-30-81-75(79)80)70(103)90-58(40-110)72(105)82-41(3)60(93)35-44(33-45-32-42-18-6-11-23-51(42)83-45)68(101)86-53(24-12-13-27-62(76)77)69(102)85-52(17-5-2)66(78)99;/h5-11,18-23,32,41,43-44,50,52-59,83,92,109-110H,2,4,12-17,24-31,33-40H2,1,3H3,(H3,76,77)(H2,78,99)(H,82,105)(H,84,95)(H,85,102)(H,86,101)(H,87,106)(H,88,104)(H,89,100)(H,90,103)(H,96,97)(H4,79,80,81);1H4/t41-,43+,44+,52-,53-,54-,55-,56-,57-,58-,59?;/m0./s1. The minimum absolute atomic E-state index is 0. The number of carboxylic acid groups (broad SMARTS) is 1. The fourth-order valence-corrected chi connectivity index (χ4v) is 13.6. The van der Waals surface area contributed by atoms with Crippen LogP contribution in [-0.4, -0.2) is 207 Å². The van der Waals surface area contributed by atoms with Crippen LogP contribution in [0.2, 0.25) is 0 Å². The number of carbonyl (C=O) groups is 14. The molecule has 1 aromatic heterocycles. The van der Waals surface area contributed by atoms with Gasteiger partial charge in [0.05, 0.1) is 43.3 Å². The fourth-order valence-electron chi connectivity index (χ4n) is 13.1. The number of esters is 1. The first-order valence-electron chi connectivity index (χ1n) is 36.5. The summed E-state index contributed by atoms with van der Waals surface area (Å²) in [6.07, 6.45) is 0.0653.